The Kier molecular flexibility index (Phi) is 3.48. The number of nitrogens with zero attached hydrogens (tertiary/aromatic N) is 2. The highest BCUT2D eigenvalue weighted by atomic mass is 32.2. The molecule has 0 radical (unpaired) electrons. The molecule has 0 N–H and O–H groups in total. The number of imidazole rings is 1. The smallest absolute Gasteiger partial charge is 0.147 e. The van der Waals surface area contributed by atoms with Crippen LogP contribution in [-0.4, -0.2) is 30.0 Å². The van der Waals surface area contributed by atoms with Gasteiger partial charge in [0.05, 0.1) is 6.33 Å². The van der Waals surface area contributed by atoms with Gasteiger partial charge in [-0.1, -0.05) is 0 Å². The monoisotopic (exact) mass is 202 g/mol. The first-order chi connectivity index (χ1) is 6.08. The van der Waals surface area contributed by atoms with Crippen molar-refractivity contribution < 1.29 is 8.42 Å². The van der Waals surface area contributed by atoms with Gasteiger partial charge in [-0.15, -0.1) is 0 Å². The van der Waals surface area contributed by atoms with E-state index in [-0.39, 0.29) is 5.75 Å². The first kappa shape index (κ1) is 10.2. The van der Waals surface area contributed by atoms with Gasteiger partial charge in [-0.3, -0.25) is 0 Å². The fraction of sp³-hybridized carbons (Fsp3) is 0.625. The minimum atomic E-state index is -2.79. The summed E-state index contributed by atoms with van der Waals surface area (Å²) >= 11 is 0. The van der Waals surface area contributed by atoms with Crippen LogP contribution in [0.3, 0.4) is 0 Å². The van der Waals surface area contributed by atoms with Crippen molar-refractivity contribution in [1.29, 1.82) is 0 Å². The summed E-state index contributed by atoms with van der Waals surface area (Å²) in [6.45, 7) is 0.843. The van der Waals surface area contributed by atoms with Crippen molar-refractivity contribution in [2.45, 2.75) is 19.4 Å². The topological polar surface area (TPSA) is 52.0 Å². The maximum Gasteiger partial charge on any atom is 0.147 e. The Morgan fingerprint density at radius 2 is 2.15 bits per heavy atom. The quantitative estimate of drug-likeness (QED) is 0.661. The van der Waals surface area contributed by atoms with Gasteiger partial charge in [-0.05, 0) is 12.8 Å². The van der Waals surface area contributed by atoms with Crippen molar-refractivity contribution in [1.82, 2.24) is 9.55 Å². The van der Waals surface area contributed by atoms with Crippen LogP contribution in [0.5, 0.6) is 0 Å². The number of aryl methyl sites for hydroxylation is 1. The molecular formula is C8H14N2O2S. The number of sulfone groups is 1. The van der Waals surface area contributed by atoms with E-state index in [0.717, 1.165) is 19.4 Å². The summed E-state index contributed by atoms with van der Waals surface area (Å²) in [6.07, 6.45) is 8.20. The predicted molar refractivity (Wildman–Crippen MR) is 51.2 cm³/mol. The number of rotatable bonds is 5. The second-order valence-corrected chi connectivity index (χ2v) is 5.40. The van der Waals surface area contributed by atoms with Gasteiger partial charge < -0.3 is 4.57 Å². The lowest BCUT2D eigenvalue weighted by Crippen LogP contribution is -2.04. The summed E-state index contributed by atoms with van der Waals surface area (Å²) in [4.78, 5) is 3.89. The molecule has 1 aromatic heterocycles. The molecule has 4 nitrogen and oxygen atoms in total. The molecule has 0 aromatic carbocycles. The highest BCUT2D eigenvalue weighted by molar-refractivity contribution is 7.90. The summed E-state index contributed by atoms with van der Waals surface area (Å²) in [5.41, 5.74) is 0. The van der Waals surface area contributed by atoms with E-state index in [0.29, 0.717) is 0 Å². The maximum atomic E-state index is 10.8. The molecule has 0 aliphatic heterocycles. The number of aromatic nitrogens is 2. The second-order valence-electron chi connectivity index (χ2n) is 3.14. The lowest BCUT2D eigenvalue weighted by molar-refractivity contribution is 0.588. The van der Waals surface area contributed by atoms with E-state index in [9.17, 15) is 8.42 Å². The minimum Gasteiger partial charge on any atom is -0.337 e. The third-order valence-corrected chi connectivity index (χ3v) is 2.77. The molecule has 0 amide bonds. The fourth-order valence-electron chi connectivity index (χ4n) is 1.08. The zero-order chi connectivity index (χ0) is 9.73. The molecule has 0 saturated heterocycles. The molecule has 13 heavy (non-hydrogen) atoms. The average Bonchev–Trinajstić information content (AvgIpc) is 2.48. The van der Waals surface area contributed by atoms with E-state index in [1.807, 2.05) is 10.8 Å². The van der Waals surface area contributed by atoms with Crippen LogP contribution in [0.15, 0.2) is 18.7 Å². The highest BCUT2D eigenvalue weighted by Crippen LogP contribution is 1.97. The summed E-state index contributed by atoms with van der Waals surface area (Å²) in [5.74, 6) is 0.279. The molecule has 1 heterocycles. The average molecular weight is 202 g/mol. The zero-order valence-corrected chi connectivity index (χ0v) is 8.50. The third kappa shape index (κ3) is 4.67. The normalized spacial score (nSPS) is 11.8. The first-order valence-electron chi connectivity index (χ1n) is 4.21. The van der Waals surface area contributed by atoms with Gasteiger partial charge in [0.15, 0.2) is 0 Å². The maximum absolute atomic E-state index is 10.8. The van der Waals surface area contributed by atoms with Gasteiger partial charge in [0.2, 0.25) is 0 Å². The summed E-state index contributed by atoms with van der Waals surface area (Å²) in [6, 6.07) is 0. The van der Waals surface area contributed by atoms with Crippen LogP contribution < -0.4 is 0 Å². The Morgan fingerprint density at radius 3 is 2.69 bits per heavy atom. The molecule has 0 unspecified atom stereocenters. The predicted octanol–water partition coefficient (Wildman–Crippen LogP) is 0.708. The molecule has 1 aromatic rings. The van der Waals surface area contributed by atoms with Gasteiger partial charge in [0, 0.05) is 30.9 Å². The SMILES string of the molecule is CS(=O)(=O)CCCCn1ccnc1. The number of unbranched alkanes of at least 4 members (excludes halogenated alkanes) is 1. The first-order valence-corrected chi connectivity index (χ1v) is 6.27. The van der Waals surface area contributed by atoms with E-state index < -0.39 is 9.84 Å². The molecule has 0 bridgehead atoms. The summed E-state index contributed by atoms with van der Waals surface area (Å²) < 4.78 is 23.5. The minimum absolute atomic E-state index is 0.279. The van der Waals surface area contributed by atoms with Gasteiger partial charge in [-0.2, -0.15) is 0 Å². The van der Waals surface area contributed by atoms with Crippen molar-refractivity contribution in [3.63, 3.8) is 0 Å². The number of hydrogen-bond donors (Lipinski definition) is 0. The van der Waals surface area contributed by atoms with E-state index in [4.69, 9.17) is 0 Å². The molecule has 0 fully saturated rings. The third-order valence-electron chi connectivity index (χ3n) is 1.74. The number of hydrogen-bond acceptors (Lipinski definition) is 3. The van der Waals surface area contributed by atoms with Crippen LogP contribution >= 0.6 is 0 Å². The Balaban J connectivity index is 2.16. The molecule has 0 aliphatic carbocycles. The van der Waals surface area contributed by atoms with Crippen LogP contribution in [0.4, 0.5) is 0 Å². The fourth-order valence-corrected chi connectivity index (χ4v) is 1.81. The van der Waals surface area contributed by atoms with Gasteiger partial charge in [-0.25, -0.2) is 13.4 Å². The Hall–Kier alpha value is -0.840. The molecular weight excluding hydrogens is 188 g/mol. The van der Waals surface area contributed by atoms with Gasteiger partial charge >= 0.3 is 0 Å². The van der Waals surface area contributed by atoms with Crippen LogP contribution in [0, 0.1) is 0 Å². The zero-order valence-electron chi connectivity index (χ0n) is 7.68. The van der Waals surface area contributed by atoms with E-state index in [1.54, 1.807) is 12.5 Å². The Bertz CT molecular complexity index is 329. The van der Waals surface area contributed by atoms with E-state index in [2.05, 4.69) is 4.98 Å². The Labute approximate surface area is 78.5 Å². The highest BCUT2D eigenvalue weighted by Gasteiger charge is 2.00. The van der Waals surface area contributed by atoms with Crippen LogP contribution in [0.2, 0.25) is 0 Å². The molecule has 1 rings (SSSR count). The van der Waals surface area contributed by atoms with Crippen molar-refractivity contribution >= 4 is 9.84 Å². The van der Waals surface area contributed by atoms with E-state index in [1.165, 1.54) is 6.26 Å². The van der Waals surface area contributed by atoms with Crippen molar-refractivity contribution in [2.75, 3.05) is 12.0 Å². The summed E-state index contributed by atoms with van der Waals surface area (Å²) in [7, 11) is -2.79. The molecule has 0 atom stereocenters. The standard InChI is InChI=1S/C8H14N2O2S/c1-13(11,12)7-3-2-5-10-6-4-9-8-10/h4,6,8H,2-3,5,7H2,1H3. The van der Waals surface area contributed by atoms with Gasteiger partial charge in [0.1, 0.15) is 9.84 Å². The van der Waals surface area contributed by atoms with Crippen LogP contribution in [0.25, 0.3) is 0 Å². The molecule has 5 heteroatoms. The summed E-state index contributed by atoms with van der Waals surface area (Å²) in [5, 5.41) is 0. The molecule has 0 saturated carbocycles. The molecule has 0 aliphatic rings. The lowest BCUT2D eigenvalue weighted by Gasteiger charge is -2.00. The van der Waals surface area contributed by atoms with Crippen LogP contribution in [0.1, 0.15) is 12.8 Å². The van der Waals surface area contributed by atoms with Crippen molar-refractivity contribution in [3.05, 3.63) is 18.7 Å². The van der Waals surface area contributed by atoms with Crippen molar-refractivity contribution in [3.8, 4) is 0 Å². The lowest BCUT2D eigenvalue weighted by atomic mass is 10.3. The van der Waals surface area contributed by atoms with E-state index >= 15 is 0 Å². The second kappa shape index (κ2) is 4.41. The Morgan fingerprint density at radius 1 is 1.38 bits per heavy atom. The molecule has 74 valence electrons. The van der Waals surface area contributed by atoms with Crippen molar-refractivity contribution in [2.24, 2.45) is 0 Å². The van der Waals surface area contributed by atoms with Gasteiger partial charge in [0.25, 0.3) is 0 Å². The molecule has 0 spiro atoms. The van der Waals surface area contributed by atoms with Crippen LogP contribution in [-0.2, 0) is 16.4 Å². The largest absolute Gasteiger partial charge is 0.337 e.